The number of hydrogen-bond acceptors (Lipinski definition) is 2. The first kappa shape index (κ1) is 32.0. The van der Waals surface area contributed by atoms with Crippen LogP contribution in [-0.2, 0) is 0 Å². The van der Waals surface area contributed by atoms with Crippen LogP contribution in [0, 0.1) is 0 Å². The van der Waals surface area contributed by atoms with Gasteiger partial charge < -0.3 is 17.0 Å². The van der Waals surface area contributed by atoms with E-state index in [2.05, 4.69) is 31.9 Å². The van der Waals surface area contributed by atoms with Crippen molar-refractivity contribution in [2.45, 2.75) is 6.18 Å². The summed E-state index contributed by atoms with van der Waals surface area (Å²) in [6.45, 7) is 0. The first-order chi connectivity index (χ1) is 15.9. The molecule has 3 aromatic rings. The molecule has 35 heavy (non-hydrogen) atoms. The molecule has 0 saturated heterocycles. The Morgan fingerprint density at radius 2 is 1.23 bits per heavy atom. The summed E-state index contributed by atoms with van der Waals surface area (Å²) >= 11 is 18.0. The molecule has 3 aromatic carbocycles. The Morgan fingerprint density at radius 1 is 0.800 bits per heavy atom. The van der Waals surface area contributed by atoms with E-state index in [9.17, 15) is 22.8 Å². The Morgan fingerprint density at radius 3 is 1.63 bits per heavy atom. The average Bonchev–Trinajstić information content (AvgIpc) is 2.76. The molecule has 0 spiro atoms. The molecule has 186 valence electrons. The maximum Gasteiger partial charge on any atom is 0.417 e. The van der Waals surface area contributed by atoms with Gasteiger partial charge >= 0.3 is 6.18 Å². The fourth-order valence-corrected chi connectivity index (χ4v) is 3.99. The molecule has 1 unspecified atom stereocenters. The summed E-state index contributed by atoms with van der Waals surface area (Å²) in [4.78, 5) is 23.2. The SMILES string of the molecule is O=C(C=C(c1cc(Cl)cc(Cl)c1)C(F)(F)F)c1ccc(Br)cc1.O=C(C[PH3+])c1ccc(Br)cc1.[Br-]. The summed E-state index contributed by atoms with van der Waals surface area (Å²) in [5.41, 5.74) is -0.429. The third kappa shape index (κ3) is 10.5. The van der Waals surface area contributed by atoms with Gasteiger partial charge in [0.2, 0.25) is 0 Å². The number of alkyl halides is 3. The first-order valence-corrected chi connectivity index (χ1v) is 12.9. The van der Waals surface area contributed by atoms with Crippen LogP contribution in [0.4, 0.5) is 13.2 Å². The van der Waals surface area contributed by atoms with E-state index >= 15 is 0 Å². The number of hydrogen-bond donors (Lipinski definition) is 0. The number of carbonyl (C=O) groups is 2. The number of allylic oxidation sites excluding steroid dienone is 2. The number of halogens is 8. The second kappa shape index (κ2) is 14.7. The Labute approximate surface area is 240 Å². The summed E-state index contributed by atoms with van der Waals surface area (Å²) in [7, 11) is 1.68. The lowest BCUT2D eigenvalue weighted by Crippen LogP contribution is -3.00. The lowest BCUT2D eigenvalue weighted by atomic mass is 10.0. The van der Waals surface area contributed by atoms with E-state index in [1.54, 1.807) is 21.4 Å². The molecular weight excluding hydrogens is 719 g/mol. The molecule has 3 rings (SSSR count). The number of rotatable bonds is 5. The first-order valence-electron chi connectivity index (χ1n) is 9.54. The van der Waals surface area contributed by atoms with Crippen LogP contribution in [0.5, 0.6) is 0 Å². The summed E-state index contributed by atoms with van der Waals surface area (Å²) in [5.74, 6) is -0.559. The van der Waals surface area contributed by atoms with Crippen molar-refractivity contribution in [1.82, 2.24) is 0 Å². The van der Waals surface area contributed by atoms with Crippen molar-refractivity contribution in [3.8, 4) is 0 Å². The van der Waals surface area contributed by atoms with Crippen molar-refractivity contribution in [3.63, 3.8) is 0 Å². The molecule has 0 aliphatic carbocycles. The van der Waals surface area contributed by atoms with Gasteiger partial charge in [0, 0.05) is 30.1 Å². The van der Waals surface area contributed by atoms with E-state index in [0.717, 1.165) is 26.6 Å². The molecule has 0 aliphatic rings. The molecule has 0 aliphatic heterocycles. The van der Waals surface area contributed by atoms with Crippen molar-refractivity contribution >= 4 is 81.4 Å². The van der Waals surface area contributed by atoms with Gasteiger partial charge in [-0.2, -0.15) is 13.2 Å². The van der Waals surface area contributed by atoms with E-state index in [0.29, 0.717) is 12.2 Å². The lowest BCUT2D eigenvalue weighted by Gasteiger charge is -2.13. The summed E-state index contributed by atoms with van der Waals surface area (Å²) < 4.78 is 41.6. The zero-order chi connectivity index (χ0) is 25.5. The second-order valence-corrected chi connectivity index (χ2v) is 9.97. The van der Waals surface area contributed by atoms with Crippen molar-refractivity contribution in [2.75, 3.05) is 6.16 Å². The van der Waals surface area contributed by atoms with Crippen LogP contribution < -0.4 is 17.0 Å². The molecule has 0 N–H and O–H groups in total. The molecule has 1 atom stereocenters. The maximum atomic E-state index is 13.3. The predicted molar refractivity (Wildman–Crippen MR) is 143 cm³/mol. The van der Waals surface area contributed by atoms with Crippen LogP contribution in [0.1, 0.15) is 26.3 Å². The Balaban J connectivity index is 0.000000430. The number of Topliss-reactive ketones (excluding diaryl/α,β-unsaturated/α-hetero) is 1. The van der Waals surface area contributed by atoms with Gasteiger partial charge in [-0.25, -0.2) is 0 Å². The molecule has 0 fully saturated rings. The van der Waals surface area contributed by atoms with Crippen LogP contribution in [0.2, 0.25) is 10.0 Å². The minimum atomic E-state index is -4.72. The zero-order valence-electron chi connectivity index (χ0n) is 17.7. The normalized spacial score (nSPS) is 11.2. The molecule has 0 saturated carbocycles. The smallest absolute Gasteiger partial charge is 0.417 e. The largest absolute Gasteiger partial charge is 1.00 e. The molecule has 11 heteroatoms. The van der Waals surface area contributed by atoms with Crippen molar-refractivity contribution < 1.29 is 39.7 Å². The number of benzene rings is 3. The Kier molecular flexibility index (Phi) is 13.4. The van der Waals surface area contributed by atoms with Crippen LogP contribution in [0.3, 0.4) is 0 Å². The van der Waals surface area contributed by atoms with Crippen LogP contribution in [-0.4, -0.2) is 23.9 Å². The summed E-state index contributed by atoms with van der Waals surface area (Å²) in [6.07, 6.45) is -3.58. The van der Waals surface area contributed by atoms with Crippen LogP contribution >= 0.6 is 64.3 Å². The van der Waals surface area contributed by atoms with E-state index in [1.165, 1.54) is 18.2 Å². The molecule has 0 aromatic heterocycles. The highest BCUT2D eigenvalue weighted by Crippen LogP contribution is 2.36. The predicted octanol–water partition coefficient (Wildman–Crippen LogP) is 5.83. The fourth-order valence-electron chi connectivity index (χ4n) is 2.65. The van der Waals surface area contributed by atoms with Gasteiger partial charge in [0.05, 0.1) is 5.57 Å². The average molecular weight is 736 g/mol. The van der Waals surface area contributed by atoms with Crippen LogP contribution in [0.15, 0.2) is 81.8 Å². The van der Waals surface area contributed by atoms with Gasteiger partial charge in [-0.05, 0) is 75.5 Å². The maximum absolute atomic E-state index is 13.3. The number of carbonyl (C=O) groups excluding carboxylic acids is 2. The Bertz CT molecular complexity index is 1180. The third-order valence-corrected chi connectivity index (χ3v) is 6.22. The van der Waals surface area contributed by atoms with Gasteiger partial charge in [-0.1, -0.05) is 67.2 Å². The highest BCUT2D eigenvalue weighted by molar-refractivity contribution is 9.10. The third-order valence-electron chi connectivity index (χ3n) is 4.28. The minimum absolute atomic E-state index is 0. The zero-order valence-corrected chi connectivity index (χ0v) is 25.4. The lowest BCUT2D eigenvalue weighted by molar-refractivity contribution is -0.0690. The molecule has 0 heterocycles. The van der Waals surface area contributed by atoms with E-state index in [-0.39, 0.29) is 43.9 Å². The van der Waals surface area contributed by atoms with E-state index < -0.39 is 17.5 Å². The minimum Gasteiger partial charge on any atom is -1.00 e. The molecule has 0 amide bonds. The van der Waals surface area contributed by atoms with Crippen molar-refractivity contribution in [2.24, 2.45) is 0 Å². The monoisotopic (exact) mass is 732 g/mol. The summed E-state index contributed by atoms with van der Waals surface area (Å²) in [5, 5.41) is 0.109. The molecular formula is C24H17Br3Cl2F3O2P. The number of ketones is 2. The van der Waals surface area contributed by atoms with Crippen molar-refractivity contribution in [1.29, 1.82) is 0 Å². The van der Waals surface area contributed by atoms with E-state index in [4.69, 9.17) is 23.2 Å². The molecule has 0 bridgehead atoms. The second-order valence-electron chi connectivity index (χ2n) is 6.77. The van der Waals surface area contributed by atoms with Crippen molar-refractivity contribution in [3.05, 3.63) is 108 Å². The van der Waals surface area contributed by atoms with Gasteiger partial charge in [-0.15, -0.1) is 0 Å². The van der Waals surface area contributed by atoms with Gasteiger partial charge in [0.15, 0.2) is 11.6 Å². The van der Waals surface area contributed by atoms with Gasteiger partial charge in [0.1, 0.15) is 6.16 Å². The quantitative estimate of drug-likeness (QED) is 0.188. The van der Waals surface area contributed by atoms with Crippen LogP contribution in [0.25, 0.3) is 5.57 Å². The Hall–Kier alpha value is -1.02. The molecule has 0 radical (unpaired) electrons. The van der Waals surface area contributed by atoms with Gasteiger partial charge in [0.25, 0.3) is 0 Å². The molecule has 2 nitrogen and oxygen atoms in total. The highest BCUT2D eigenvalue weighted by atomic mass is 79.9. The fraction of sp³-hybridized carbons (Fsp3) is 0.0833. The highest BCUT2D eigenvalue weighted by Gasteiger charge is 2.35. The standard InChI is InChI=1S/C16H8BrCl2F3O.C8H8BrOP.BrH/c17-11-3-1-9(2-4-11)15(23)8-14(16(20,21)22)10-5-12(18)7-13(19)6-10;9-7-3-1-6(2-4-7)8(10)5-11;/h1-8H;1-4H,5,11H2;1H. The van der Waals surface area contributed by atoms with Gasteiger partial charge in [-0.3, -0.25) is 9.59 Å². The topological polar surface area (TPSA) is 34.1 Å². The van der Waals surface area contributed by atoms with E-state index in [1.807, 2.05) is 24.3 Å². The summed E-state index contributed by atoms with van der Waals surface area (Å²) in [6, 6.07) is 17.0.